The van der Waals surface area contributed by atoms with Gasteiger partial charge in [-0.3, -0.25) is 34.3 Å². The Morgan fingerprint density at radius 3 is 2.21 bits per heavy atom. The Hall–Kier alpha value is -6.22. The highest BCUT2D eigenvalue weighted by molar-refractivity contribution is 6.23. The number of nitrogens with zero attached hydrogens (tertiary/aromatic N) is 7. The van der Waals surface area contributed by atoms with Crippen molar-refractivity contribution in [2.45, 2.75) is 63.8 Å². The predicted molar refractivity (Wildman–Crippen MR) is 221 cm³/mol. The van der Waals surface area contributed by atoms with E-state index in [-0.39, 0.29) is 49.1 Å². The fourth-order valence-corrected chi connectivity index (χ4v) is 9.41. The quantitative estimate of drug-likeness (QED) is 0.237. The second-order valence-electron chi connectivity index (χ2n) is 16.8. The van der Waals surface area contributed by atoms with E-state index in [2.05, 4.69) is 20.4 Å². The fourth-order valence-electron chi connectivity index (χ4n) is 9.41. The second kappa shape index (κ2) is 16.9. The molecule has 5 aliphatic rings. The predicted octanol–water partition coefficient (Wildman–Crippen LogP) is 5.29. The van der Waals surface area contributed by atoms with E-state index in [4.69, 9.17) is 0 Å². The third-order valence-electron chi connectivity index (χ3n) is 12.8. The molecule has 326 valence electrons. The Morgan fingerprint density at radius 1 is 0.823 bits per heavy atom. The summed E-state index contributed by atoms with van der Waals surface area (Å²) in [7, 11) is 0. The van der Waals surface area contributed by atoms with Crippen molar-refractivity contribution in [3.8, 4) is 6.07 Å². The van der Waals surface area contributed by atoms with Gasteiger partial charge in [-0.2, -0.15) is 18.4 Å². The number of fused-ring (bicyclic) bond motifs is 1. The first-order chi connectivity index (χ1) is 29.6. The highest BCUT2D eigenvalue weighted by atomic mass is 19.4. The van der Waals surface area contributed by atoms with Crippen LogP contribution in [0.3, 0.4) is 0 Å². The van der Waals surface area contributed by atoms with E-state index in [0.29, 0.717) is 36.1 Å². The van der Waals surface area contributed by atoms with E-state index in [0.717, 1.165) is 62.2 Å². The van der Waals surface area contributed by atoms with Crippen molar-refractivity contribution in [2.75, 3.05) is 78.9 Å². The summed E-state index contributed by atoms with van der Waals surface area (Å²) in [5.41, 5.74) is 0.954. The van der Waals surface area contributed by atoms with Crippen LogP contribution in [0.1, 0.15) is 71.4 Å². The Morgan fingerprint density at radius 2 is 1.53 bits per heavy atom. The average Bonchev–Trinajstić information content (AvgIpc) is 3.49. The number of nitrogens with one attached hydrogen (secondary N) is 2. The average molecular weight is 858 g/mol. The number of amides is 6. The molecule has 3 aromatic rings. The molecule has 14 nitrogen and oxygen atoms in total. The zero-order valence-electron chi connectivity index (χ0n) is 34.4. The number of hydrogen-bond donors (Lipinski definition) is 2. The number of anilines is 4. The number of piperidine rings is 2. The van der Waals surface area contributed by atoms with Crippen LogP contribution in [0.25, 0.3) is 0 Å². The molecule has 62 heavy (non-hydrogen) atoms. The maximum atomic E-state index is 15.6. The third-order valence-corrected chi connectivity index (χ3v) is 12.8. The van der Waals surface area contributed by atoms with Crippen LogP contribution in [0.4, 0.5) is 45.1 Å². The Labute approximate surface area is 356 Å². The summed E-state index contributed by atoms with van der Waals surface area (Å²) in [5.74, 6) is -2.14. The molecular formula is C44H47F4N9O5. The molecule has 4 fully saturated rings. The number of nitriles is 1. The molecule has 0 unspecified atom stereocenters. The van der Waals surface area contributed by atoms with Crippen molar-refractivity contribution in [3.05, 3.63) is 82.7 Å². The van der Waals surface area contributed by atoms with E-state index in [9.17, 15) is 42.4 Å². The van der Waals surface area contributed by atoms with Gasteiger partial charge in [0.15, 0.2) is 0 Å². The molecule has 18 heteroatoms. The van der Waals surface area contributed by atoms with Crippen LogP contribution in [-0.4, -0.2) is 121 Å². The molecule has 8 rings (SSSR count). The van der Waals surface area contributed by atoms with Crippen molar-refractivity contribution in [2.24, 2.45) is 5.92 Å². The minimum atomic E-state index is -4.68. The van der Waals surface area contributed by atoms with Crippen molar-refractivity contribution in [1.29, 1.82) is 5.26 Å². The number of hydrogen-bond acceptors (Lipinski definition) is 10. The van der Waals surface area contributed by atoms with Gasteiger partial charge in [0, 0.05) is 94.5 Å². The Kier molecular flexibility index (Phi) is 11.6. The maximum absolute atomic E-state index is 15.6. The van der Waals surface area contributed by atoms with Crippen LogP contribution in [0.5, 0.6) is 0 Å². The van der Waals surface area contributed by atoms with Crippen LogP contribution in [0.15, 0.2) is 54.6 Å². The molecular weight excluding hydrogens is 811 g/mol. The van der Waals surface area contributed by atoms with E-state index in [1.54, 1.807) is 47.1 Å². The van der Waals surface area contributed by atoms with Crippen LogP contribution in [0, 0.1) is 23.1 Å². The van der Waals surface area contributed by atoms with Gasteiger partial charge in [0.25, 0.3) is 11.8 Å². The molecule has 0 saturated carbocycles. The van der Waals surface area contributed by atoms with Gasteiger partial charge in [0.05, 0.1) is 34.0 Å². The number of benzene rings is 3. The van der Waals surface area contributed by atoms with Crippen LogP contribution >= 0.6 is 0 Å². The lowest BCUT2D eigenvalue weighted by Crippen LogP contribution is -2.59. The second-order valence-corrected chi connectivity index (χ2v) is 16.8. The summed E-state index contributed by atoms with van der Waals surface area (Å²) in [6.45, 7) is 9.40. The number of urea groups is 1. The van der Waals surface area contributed by atoms with Crippen molar-refractivity contribution in [3.63, 3.8) is 0 Å². The van der Waals surface area contributed by atoms with Gasteiger partial charge in [-0.05, 0) is 93.6 Å². The summed E-state index contributed by atoms with van der Waals surface area (Å²) >= 11 is 0. The fraction of sp³-hybridized carbons (Fsp3) is 0.455. The molecule has 0 radical (unpaired) electrons. The number of carbonyl (C=O) groups excluding carboxylic acids is 5. The zero-order chi connectivity index (χ0) is 44.0. The lowest BCUT2D eigenvalue weighted by Gasteiger charge is -2.45. The van der Waals surface area contributed by atoms with Crippen LogP contribution in [-0.2, 0) is 15.8 Å². The number of alkyl halides is 3. The normalized spacial score (nSPS) is 22.8. The lowest BCUT2D eigenvalue weighted by molar-refractivity contribution is -0.138. The smallest absolute Gasteiger partial charge is 0.369 e. The standard InChI is InChI=1S/C44H47F4N9O5/c1-26-24-56(27(2)23-55(26)32-5-3-29(22-49)35(21-32)44(46,47)48)43(62)50-30-4-8-37(36(45)19-30)54-13-11-28(12-14-54)25-52-15-17-53(18-16-52)31-6-7-33-34(20-31)42(61)57(41(33)60)38-9-10-39(58)51-40(38)59/h3-8,19-21,26-28,38H,9-18,23-25H2,1-2H3,(H,50,62)(H,51,58,59)/t26-,27+,38+/m0/s1. The summed E-state index contributed by atoms with van der Waals surface area (Å²) in [5, 5.41) is 14.2. The first-order valence-corrected chi connectivity index (χ1v) is 20.9. The van der Waals surface area contributed by atoms with Gasteiger partial charge in [0.2, 0.25) is 11.8 Å². The highest BCUT2D eigenvalue weighted by Crippen LogP contribution is 2.37. The summed E-state index contributed by atoms with van der Waals surface area (Å²) in [4.78, 5) is 74.9. The van der Waals surface area contributed by atoms with Gasteiger partial charge >= 0.3 is 12.2 Å². The van der Waals surface area contributed by atoms with E-state index in [1.807, 2.05) is 17.9 Å². The molecule has 6 amide bonds. The van der Waals surface area contributed by atoms with E-state index < -0.39 is 58.8 Å². The van der Waals surface area contributed by atoms with Gasteiger partial charge in [0.1, 0.15) is 11.9 Å². The van der Waals surface area contributed by atoms with Crippen molar-refractivity contribution < 1.29 is 41.5 Å². The highest BCUT2D eigenvalue weighted by Gasteiger charge is 2.45. The summed E-state index contributed by atoms with van der Waals surface area (Å²) < 4.78 is 56.5. The third kappa shape index (κ3) is 8.37. The molecule has 0 bridgehead atoms. The zero-order valence-corrected chi connectivity index (χ0v) is 34.4. The molecule has 0 aromatic heterocycles. The van der Waals surface area contributed by atoms with Crippen molar-refractivity contribution >= 4 is 52.4 Å². The topological polar surface area (TPSA) is 153 Å². The van der Waals surface area contributed by atoms with Gasteiger partial charge in [-0.1, -0.05) is 0 Å². The molecule has 3 atom stereocenters. The first kappa shape index (κ1) is 42.5. The molecule has 0 aliphatic carbocycles. The van der Waals surface area contributed by atoms with E-state index >= 15 is 4.39 Å². The van der Waals surface area contributed by atoms with Crippen LogP contribution < -0.4 is 25.3 Å². The lowest BCUT2D eigenvalue weighted by atomic mass is 9.95. The van der Waals surface area contributed by atoms with Gasteiger partial charge in [-0.25, -0.2) is 9.18 Å². The van der Waals surface area contributed by atoms with Crippen LogP contribution in [0.2, 0.25) is 0 Å². The number of rotatable bonds is 7. The van der Waals surface area contributed by atoms with Gasteiger partial charge in [-0.15, -0.1) is 0 Å². The van der Waals surface area contributed by atoms with E-state index in [1.165, 1.54) is 18.2 Å². The SMILES string of the molecule is C[C@@H]1CN(c2ccc(C#N)c(C(F)(F)F)c2)[C@@H](C)CN1C(=O)Nc1ccc(N2CCC(CN3CCN(c4ccc5c(c4)C(=O)N([C@@H]4CCC(=O)NC4=O)C5=O)CC3)CC2)c(F)c1. The molecule has 0 spiro atoms. The Balaban J connectivity index is 0.796. The summed E-state index contributed by atoms with van der Waals surface area (Å²) in [6.07, 6.45) is -2.76. The van der Waals surface area contributed by atoms with Crippen molar-refractivity contribution in [1.82, 2.24) is 20.0 Å². The molecule has 3 aromatic carbocycles. The minimum Gasteiger partial charge on any atom is -0.369 e. The number of carbonyl (C=O) groups is 5. The molecule has 4 saturated heterocycles. The minimum absolute atomic E-state index is 0.0614. The van der Waals surface area contributed by atoms with Gasteiger partial charge < -0.3 is 24.9 Å². The monoisotopic (exact) mass is 857 g/mol. The molecule has 5 aliphatic heterocycles. The largest absolute Gasteiger partial charge is 0.417 e. The number of halogens is 4. The number of imide groups is 2. The maximum Gasteiger partial charge on any atom is 0.417 e. The summed E-state index contributed by atoms with van der Waals surface area (Å²) in [6, 6.07) is 12.9. The molecule has 5 heterocycles. The number of piperazine rings is 2. The first-order valence-electron chi connectivity index (χ1n) is 20.9. The Bertz CT molecular complexity index is 2340. The molecule has 2 N–H and O–H groups in total.